The lowest BCUT2D eigenvalue weighted by Crippen LogP contribution is -2.40. The number of carbonyl (C=O) groups excluding carboxylic acids is 2. The summed E-state index contributed by atoms with van der Waals surface area (Å²) in [4.78, 5) is 36.6. The number of non-ortho nitro benzene ring substituents is 1. The molecule has 0 spiro atoms. The van der Waals surface area contributed by atoms with E-state index in [2.05, 4.69) is 17.3 Å². The van der Waals surface area contributed by atoms with Crippen LogP contribution in [0.5, 0.6) is 5.75 Å². The van der Waals surface area contributed by atoms with Crippen LogP contribution in [0.1, 0.15) is 12.2 Å². The van der Waals surface area contributed by atoms with E-state index in [1.54, 1.807) is 12.1 Å². The highest BCUT2D eigenvalue weighted by Crippen LogP contribution is 2.65. The zero-order chi connectivity index (χ0) is 22.1. The number of benzene rings is 1. The number of carbonyl (C=O) groups is 2. The van der Waals surface area contributed by atoms with Gasteiger partial charge in [-0.3, -0.25) is 19.7 Å². The van der Waals surface area contributed by atoms with Gasteiger partial charge in [0.25, 0.3) is 17.5 Å². The molecule has 0 N–H and O–H groups in total. The summed E-state index contributed by atoms with van der Waals surface area (Å²) in [5.41, 5.74) is 0.326. The SMILES string of the molecule is COc1ccc([N+](=O)[O-])cc1-c1ccc(/C=N\N2C(=O)[C@@H]3[C@H]4C=C[C@@H]([C@@H]5C[C@@H]45)[C@H]3C2=O)o1. The van der Waals surface area contributed by atoms with Gasteiger partial charge in [-0.1, -0.05) is 12.2 Å². The monoisotopic (exact) mass is 433 g/mol. The first-order valence-electron chi connectivity index (χ1n) is 10.5. The summed E-state index contributed by atoms with van der Waals surface area (Å²) in [5.74, 6) is 1.33. The summed E-state index contributed by atoms with van der Waals surface area (Å²) in [6.07, 6.45) is 6.67. The molecular formula is C23H19N3O6. The summed E-state index contributed by atoms with van der Waals surface area (Å²) < 4.78 is 11.0. The highest BCUT2D eigenvalue weighted by atomic mass is 16.6. The third kappa shape index (κ3) is 2.60. The van der Waals surface area contributed by atoms with E-state index in [9.17, 15) is 19.7 Å². The Morgan fingerprint density at radius 1 is 1.12 bits per heavy atom. The first-order valence-corrected chi connectivity index (χ1v) is 10.5. The smallest absolute Gasteiger partial charge is 0.270 e. The Balaban J connectivity index is 1.26. The van der Waals surface area contributed by atoms with Crippen LogP contribution in [0.15, 0.2) is 52.0 Å². The van der Waals surface area contributed by atoms with Crippen molar-refractivity contribution in [3.05, 3.63) is 58.4 Å². The summed E-state index contributed by atoms with van der Waals surface area (Å²) in [5, 5.41) is 16.3. The second-order valence-electron chi connectivity index (χ2n) is 8.73. The maximum atomic E-state index is 13.0. The van der Waals surface area contributed by atoms with Gasteiger partial charge < -0.3 is 9.15 Å². The zero-order valence-corrected chi connectivity index (χ0v) is 17.1. The zero-order valence-electron chi connectivity index (χ0n) is 17.1. The summed E-state index contributed by atoms with van der Waals surface area (Å²) in [7, 11) is 1.46. The predicted octanol–water partition coefficient (Wildman–Crippen LogP) is 3.25. The Bertz CT molecular complexity index is 1190. The van der Waals surface area contributed by atoms with Crippen molar-refractivity contribution in [2.45, 2.75) is 6.42 Å². The molecule has 3 fully saturated rings. The number of amides is 2. The number of hydrazone groups is 1. The molecule has 2 saturated carbocycles. The van der Waals surface area contributed by atoms with E-state index >= 15 is 0 Å². The minimum Gasteiger partial charge on any atom is -0.496 e. The molecule has 2 aromatic rings. The number of allylic oxidation sites excluding steroid dienone is 2. The second kappa shape index (κ2) is 6.62. The van der Waals surface area contributed by atoms with Gasteiger partial charge >= 0.3 is 0 Å². The maximum absolute atomic E-state index is 13.0. The lowest BCUT2D eigenvalue weighted by molar-refractivity contribution is -0.384. The molecule has 0 unspecified atom stereocenters. The van der Waals surface area contributed by atoms with E-state index in [0.717, 1.165) is 11.4 Å². The van der Waals surface area contributed by atoms with Crippen LogP contribution in [0.25, 0.3) is 11.3 Å². The van der Waals surface area contributed by atoms with E-state index < -0.39 is 4.92 Å². The molecule has 6 atom stereocenters. The fraction of sp³-hybridized carbons (Fsp3) is 0.348. The molecule has 162 valence electrons. The standard InChI is InChI=1S/C23H19N3O6/c1-31-18-6-2-11(26(29)30)8-17(18)19-7-3-12(32-19)10-24-25-22(27)20-13-4-5-14(16-9-15(13)16)21(20)23(25)28/h2-8,10,13-16,20-21H,9H2,1H3/b24-10-/t13-,14-,15-,16-,20+,21+/m0/s1. The van der Waals surface area contributed by atoms with Crippen molar-refractivity contribution in [2.24, 2.45) is 40.6 Å². The van der Waals surface area contributed by atoms with Crippen LogP contribution in [0.3, 0.4) is 0 Å². The molecule has 2 bridgehead atoms. The minimum absolute atomic E-state index is 0.0930. The van der Waals surface area contributed by atoms with E-state index in [1.807, 2.05) is 0 Å². The van der Waals surface area contributed by atoms with Crippen molar-refractivity contribution < 1.29 is 23.7 Å². The van der Waals surface area contributed by atoms with Gasteiger partial charge in [0, 0.05) is 12.1 Å². The van der Waals surface area contributed by atoms with Gasteiger partial charge in [0.1, 0.15) is 17.3 Å². The number of nitrogens with zero attached hydrogens (tertiary/aromatic N) is 3. The van der Waals surface area contributed by atoms with Gasteiger partial charge in [0.05, 0.1) is 35.6 Å². The average molecular weight is 433 g/mol. The molecule has 0 radical (unpaired) electrons. The fourth-order valence-electron chi connectivity index (χ4n) is 5.74. The van der Waals surface area contributed by atoms with Crippen molar-refractivity contribution in [1.29, 1.82) is 0 Å². The van der Waals surface area contributed by atoms with Crippen LogP contribution in [-0.4, -0.2) is 35.1 Å². The van der Waals surface area contributed by atoms with Crippen LogP contribution in [0, 0.1) is 45.6 Å². The number of rotatable bonds is 5. The van der Waals surface area contributed by atoms with Crippen molar-refractivity contribution >= 4 is 23.7 Å². The number of furan rings is 1. The highest BCUT2D eigenvalue weighted by Gasteiger charge is 2.67. The molecule has 2 heterocycles. The Kier molecular flexibility index (Phi) is 3.93. The average Bonchev–Trinajstić information content (AvgIpc) is 3.44. The number of ether oxygens (including phenoxy) is 1. The molecule has 5 aliphatic rings. The number of hydrogen-bond donors (Lipinski definition) is 0. The third-order valence-electron chi connectivity index (χ3n) is 7.23. The second-order valence-corrected chi connectivity index (χ2v) is 8.73. The van der Waals surface area contributed by atoms with Gasteiger partial charge in [-0.2, -0.15) is 10.1 Å². The van der Waals surface area contributed by atoms with E-state index in [0.29, 0.717) is 34.7 Å². The van der Waals surface area contributed by atoms with E-state index in [-0.39, 0.29) is 41.2 Å². The quantitative estimate of drug-likeness (QED) is 0.235. The van der Waals surface area contributed by atoms with Gasteiger partial charge in [-0.25, -0.2) is 0 Å². The van der Waals surface area contributed by atoms with Crippen molar-refractivity contribution in [3.63, 3.8) is 0 Å². The van der Waals surface area contributed by atoms with Crippen LogP contribution >= 0.6 is 0 Å². The molecule has 9 nitrogen and oxygen atoms in total. The molecule has 4 aliphatic carbocycles. The Hall–Kier alpha value is -3.75. The van der Waals surface area contributed by atoms with Gasteiger partial charge in [0.2, 0.25) is 0 Å². The first kappa shape index (κ1) is 19.0. The summed E-state index contributed by atoms with van der Waals surface area (Å²) >= 11 is 0. The molecule has 1 aromatic heterocycles. The highest BCUT2D eigenvalue weighted by molar-refractivity contribution is 6.06. The largest absolute Gasteiger partial charge is 0.496 e. The number of methoxy groups -OCH3 is 1. The molecule has 9 heteroatoms. The van der Waals surface area contributed by atoms with Gasteiger partial charge in [0.15, 0.2) is 0 Å². The predicted molar refractivity (Wildman–Crippen MR) is 111 cm³/mol. The number of nitro benzene ring substituents is 1. The number of hydrogen-bond acceptors (Lipinski definition) is 7. The minimum atomic E-state index is -0.496. The van der Waals surface area contributed by atoms with E-state index in [1.165, 1.54) is 31.5 Å². The maximum Gasteiger partial charge on any atom is 0.270 e. The molecule has 32 heavy (non-hydrogen) atoms. The molecule has 1 aliphatic heterocycles. The first-order chi connectivity index (χ1) is 15.5. The van der Waals surface area contributed by atoms with E-state index in [4.69, 9.17) is 9.15 Å². The molecular weight excluding hydrogens is 414 g/mol. The Labute approximate surface area is 182 Å². The van der Waals surface area contributed by atoms with Crippen LogP contribution in [0.2, 0.25) is 0 Å². The van der Waals surface area contributed by atoms with Crippen LogP contribution in [0.4, 0.5) is 5.69 Å². The molecule has 1 aromatic carbocycles. The topological polar surface area (TPSA) is 115 Å². The summed E-state index contributed by atoms with van der Waals surface area (Å²) in [6, 6.07) is 7.47. The number of nitro groups is 1. The fourth-order valence-corrected chi connectivity index (χ4v) is 5.74. The van der Waals surface area contributed by atoms with Gasteiger partial charge in [-0.05, 0) is 48.3 Å². The Morgan fingerprint density at radius 3 is 2.44 bits per heavy atom. The summed E-state index contributed by atoms with van der Waals surface area (Å²) in [6.45, 7) is 0. The third-order valence-corrected chi connectivity index (χ3v) is 7.23. The molecule has 1 saturated heterocycles. The lowest BCUT2D eigenvalue weighted by atomic mass is 9.63. The van der Waals surface area contributed by atoms with Crippen molar-refractivity contribution in [1.82, 2.24) is 5.01 Å². The van der Waals surface area contributed by atoms with Crippen molar-refractivity contribution in [2.75, 3.05) is 7.11 Å². The van der Waals surface area contributed by atoms with Gasteiger partial charge in [-0.15, -0.1) is 0 Å². The molecule has 7 rings (SSSR count). The van der Waals surface area contributed by atoms with Crippen LogP contribution in [-0.2, 0) is 9.59 Å². The Morgan fingerprint density at radius 2 is 1.81 bits per heavy atom. The lowest BCUT2D eigenvalue weighted by Gasteiger charge is -2.37. The van der Waals surface area contributed by atoms with Crippen LogP contribution < -0.4 is 4.74 Å². The normalized spacial score (nSPS) is 31.8. The molecule has 2 amide bonds. The van der Waals surface area contributed by atoms with Crippen molar-refractivity contribution in [3.8, 4) is 17.1 Å². The number of imide groups is 1.